The first-order valence-electron chi connectivity index (χ1n) is 7.23. The van der Waals surface area contributed by atoms with Crippen LogP contribution in [-0.4, -0.2) is 56.5 Å². The van der Waals surface area contributed by atoms with Gasteiger partial charge in [0.05, 0.1) is 5.71 Å². The summed E-state index contributed by atoms with van der Waals surface area (Å²) in [4.78, 5) is 10.1. The van der Waals surface area contributed by atoms with Crippen LogP contribution in [0.15, 0.2) is 29.4 Å². The second-order valence-corrected chi connectivity index (χ2v) is 5.54. The summed E-state index contributed by atoms with van der Waals surface area (Å²) in [6, 6.07) is 8.63. The largest absolute Gasteiger partial charge is 0.390 e. The number of hydrogen-bond donors (Lipinski definition) is 1. The molecule has 0 bridgehead atoms. The van der Waals surface area contributed by atoms with Gasteiger partial charge in [0, 0.05) is 44.8 Å². The molecule has 2 heterocycles. The number of nitrogens with two attached hydrogens (primary N) is 1. The number of piperazine rings is 1. The van der Waals surface area contributed by atoms with Crippen LogP contribution in [0.5, 0.6) is 0 Å². The Hall–Kier alpha value is -1.59. The first kappa shape index (κ1) is 13.4. The molecular formula is C15H22N4O. The minimum absolute atomic E-state index is 0.0438. The van der Waals surface area contributed by atoms with Crippen molar-refractivity contribution in [2.24, 2.45) is 10.9 Å². The fourth-order valence-corrected chi connectivity index (χ4v) is 2.65. The average molecular weight is 274 g/mol. The summed E-state index contributed by atoms with van der Waals surface area (Å²) < 4.78 is 0. The quantitative estimate of drug-likeness (QED) is 0.889. The fraction of sp³-hybridized carbons (Fsp3) is 0.533. The minimum Gasteiger partial charge on any atom is -0.390 e. The van der Waals surface area contributed by atoms with Crippen molar-refractivity contribution < 1.29 is 4.84 Å². The molecular weight excluding hydrogens is 252 g/mol. The highest BCUT2D eigenvalue weighted by atomic mass is 16.6. The second kappa shape index (κ2) is 5.81. The lowest BCUT2D eigenvalue weighted by molar-refractivity contribution is 0.0918. The molecule has 108 valence electrons. The minimum atomic E-state index is 0.0438. The van der Waals surface area contributed by atoms with E-state index in [0.29, 0.717) is 6.54 Å². The van der Waals surface area contributed by atoms with Gasteiger partial charge in [0.25, 0.3) is 0 Å². The molecule has 1 fully saturated rings. The number of benzene rings is 1. The summed E-state index contributed by atoms with van der Waals surface area (Å²) in [6.45, 7) is 4.96. The van der Waals surface area contributed by atoms with Gasteiger partial charge in [-0.15, -0.1) is 0 Å². The van der Waals surface area contributed by atoms with Gasteiger partial charge in [-0.25, -0.2) is 0 Å². The van der Waals surface area contributed by atoms with Crippen molar-refractivity contribution in [1.82, 2.24) is 4.90 Å². The number of oxime groups is 1. The molecule has 0 spiro atoms. The van der Waals surface area contributed by atoms with Crippen LogP contribution in [0.4, 0.5) is 5.69 Å². The topological polar surface area (TPSA) is 54.1 Å². The molecule has 5 heteroatoms. The molecule has 0 saturated carbocycles. The smallest absolute Gasteiger partial charge is 0.145 e. The molecule has 1 atom stereocenters. The zero-order valence-corrected chi connectivity index (χ0v) is 12.0. The van der Waals surface area contributed by atoms with Crippen LogP contribution in [0.25, 0.3) is 0 Å². The van der Waals surface area contributed by atoms with Gasteiger partial charge in [0.15, 0.2) is 0 Å². The molecule has 5 nitrogen and oxygen atoms in total. The molecule has 0 aromatic heterocycles. The second-order valence-electron chi connectivity index (χ2n) is 5.54. The van der Waals surface area contributed by atoms with E-state index in [1.165, 1.54) is 5.69 Å². The van der Waals surface area contributed by atoms with Gasteiger partial charge >= 0.3 is 0 Å². The van der Waals surface area contributed by atoms with Crippen molar-refractivity contribution >= 4 is 11.4 Å². The molecule has 3 rings (SSSR count). The van der Waals surface area contributed by atoms with Crippen molar-refractivity contribution in [3.63, 3.8) is 0 Å². The third kappa shape index (κ3) is 2.78. The highest BCUT2D eigenvalue weighted by molar-refractivity contribution is 6.01. The van der Waals surface area contributed by atoms with E-state index in [0.717, 1.165) is 43.9 Å². The van der Waals surface area contributed by atoms with Gasteiger partial charge in [0.2, 0.25) is 0 Å². The van der Waals surface area contributed by atoms with E-state index in [-0.39, 0.29) is 6.10 Å². The van der Waals surface area contributed by atoms with E-state index in [9.17, 15) is 0 Å². The molecule has 20 heavy (non-hydrogen) atoms. The summed E-state index contributed by atoms with van der Waals surface area (Å²) >= 11 is 0. The van der Waals surface area contributed by atoms with Gasteiger partial charge in [-0.2, -0.15) is 0 Å². The van der Waals surface area contributed by atoms with Crippen molar-refractivity contribution in [1.29, 1.82) is 0 Å². The molecule has 1 unspecified atom stereocenters. The van der Waals surface area contributed by atoms with Crippen molar-refractivity contribution in [3.8, 4) is 0 Å². The van der Waals surface area contributed by atoms with E-state index < -0.39 is 0 Å². The molecule has 2 N–H and O–H groups in total. The van der Waals surface area contributed by atoms with Crippen LogP contribution in [0.3, 0.4) is 0 Å². The predicted molar refractivity (Wildman–Crippen MR) is 81.2 cm³/mol. The maximum atomic E-state index is 5.60. The van der Waals surface area contributed by atoms with Gasteiger partial charge in [-0.3, -0.25) is 0 Å². The molecule has 1 aromatic carbocycles. The van der Waals surface area contributed by atoms with Gasteiger partial charge in [0.1, 0.15) is 6.10 Å². The van der Waals surface area contributed by atoms with Crippen LogP contribution in [-0.2, 0) is 4.84 Å². The number of likely N-dealkylation sites (N-methyl/N-ethyl adjacent to an activating group) is 1. The van der Waals surface area contributed by atoms with E-state index >= 15 is 0 Å². The summed E-state index contributed by atoms with van der Waals surface area (Å²) in [5.74, 6) is 0. The Kier molecular flexibility index (Phi) is 3.89. The van der Waals surface area contributed by atoms with Crippen LogP contribution in [0.2, 0.25) is 0 Å². The first-order valence-corrected chi connectivity index (χ1v) is 7.23. The summed E-state index contributed by atoms with van der Waals surface area (Å²) in [5, 5.41) is 4.13. The molecule has 0 radical (unpaired) electrons. The SMILES string of the molecule is CN1CCN(c2ccc(C3=NOC(CN)C3)cc2)CC1. The highest BCUT2D eigenvalue weighted by Gasteiger charge is 2.21. The Morgan fingerprint density at radius 1 is 1.20 bits per heavy atom. The summed E-state index contributed by atoms with van der Waals surface area (Å²) in [6.07, 6.45) is 0.854. The summed E-state index contributed by atoms with van der Waals surface area (Å²) in [5.41, 5.74) is 9.03. The molecule has 0 amide bonds. The maximum absolute atomic E-state index is 5.60. The van der Waals surface area contributed by atoms with Gasteiger partial charge in [-0.1, -0.05) is 17.3 Å². The Balaban J connectivity index is 1.66. The number of anilines is 1. The molecule has 2 aliphatic heterocycles. The number of rotatable bonds is 3. The zero-order chi connectivity index (χ0) is 13.9. The van der Waals surface area contributed by atoms with E-state index in [4.69, 9.17) is 10.6 Å². The van der Waals surface area contributed by atoms with Gasteiger partial charge in [-0.05, 0) is 24.7 Å². The number of hydrogen-bond acceptors (Lipinski definition) is 5. The lowest BCUT2D eigenvalue weighted by Crippen LogP contribution is -2.44. The van der Waals surface area contributed by atoms with E-state index in [2.05, 4.69) is 46.3 Å². The van der Waals surface area contributed by atoms with Crippen molar-refractivity contribution in [2.75, 3.05) is 44.7 Å². The number of nitrogens with zero attached hydrogens (tertiary/aromatic N) is 3. The van der Waals surface area contributed by atoms with E-state index in [1.54, 1.807) is 0 Å². The third-order valence-corrected chi connectivity index (χ3v) is 4.06. The Morgan fingerprint density at radius 3 is 2.50 bits per heavy atom. The normalized spacial score (nSPS) is 23.6. The first-order chi connectivity index (χ1) is 9.76. The van der Waals surface area contributed by atoms with Gasteiger partial charge < -0.3 is 20.4 Å². The molecule has 0 aliphatic carbocycles. The lowest BCUT2D eigenvalue weighted by Gasteiger charge is -2.34. The fourth-order valence-electron chi connectivity index (χ4n) is 2.65. The standard InChI is InChI=1S/C15H22N4O/c1-18-6-8-19(9-7-18)13-4-2-12(3-5-13)15-10-14(11-16)20-17-15/h2-5,14H,6-11,16H2,1H3. The highest BCUT2D eigenvalue weighted by Crippen LogP contribution is 2.20. The predicted octanol–water partition coefficient (Wildman–Crippen LogP) is 0.890. The molecule has 2 aliphatic rings. The zero-order valence-electron chi connectivity index (χ0n) is 12.0. The summed E-state index contributed by atoms with van der Waals surface area (Å²) in [7, 11) is 2.17. The average Bonchev–Trinajstić information content (AvgIpc) is 2.97. The Bertz CT molecular complexity index is 477. The van der Waals surface area contributed by atoms with Crippen LogP contribution >= 0.6 is 0 Å². The maximum Gasteiger partial charge on any atom is 0.145 e. The van der Waals surface area contributed by atoms with Crippen LogP contribution < -0.4 is 10.6 Å². The third-order valence-electron chi connectivity index (χ3n) is 4.06. The van der Waals surface area contributed by atoms with Crippen molar-refractivity contribution in [2.45, 2.75) is 12.5 Å². The molecule has 1 aromatic rings. The Morgan fingerprint density at radius 2 is 1.90 bits per heavy atom. The molecule has 1 saturated heterocycles. The van der Waals surface area contributed by atoms with Crippen LogP contribution in [0.1, 0.15) is 12.0 Å². The Labute approximate surface area is 120 Å². The van der Waals surface area contributed by atoms with E-state index in [1.807, 2.05) is 0 Å². The lowest BCUT2D eigenvalue weighted by atomic mass is 10.0. The monoisotopic (exact) mass is 274 g/mol. The van der Waals surface area contributed by atoms with Crippen molar-refractivity contribution in [3.05, 3.63) is 29.8 Å². The van der Waals surface area contributed by atoms with Crippen LogP contribution in [0, 0.1) is 0 Å².